The van der Waals surface area contributed by atoms with Crippen LogP contribution in [0, 0.1) is 16.7 Å². The summed E-state index contributed by atoms with van der Waals surface area (Å²) in [7, 11) is -3.67. The minimum Gasteiger partial charge on any atom is -0.432 e. The van der Waals surface area contributed by atoms with Gasteiger partial charge in [0.15, 0.2) is 5.82 Å². The average molecular weight is 498 g/mol. The van der Waals surface area contributed by atoms with Crippen molar-refractivity contribution in [3.8, 4) is 6.07 Å². The SMILES string of the molecule is CC1(C(=O)O[C@H]2O[C@@](C#N)(c3ccc4c(N)ncnn34)[C@H](O)[C@@H]2O)CCCCC1.CS(=O)(=O)O. The molecule has 0 amide bonds. The predicted molar refractivity (Wildman–Crippen MR) is 116 cm³/mol. The summed E-state index contributed by atoms with van der Waals surface area (Å²) in [5.74, 6) is -0.325. The molecular weight excluding hydrogens is 470 g/mol. The number of hydrogen-bond acceptors (Lipinski definition) is 11. The van der Waals surface area contributed by atoms with Crippen molar-refractivity contribution in [3.63, 3.8) is 0 Å². The average Bonchev–Trinajstić information content (AvgIpc) is 3.30. The minimum atomic E-state index is -3.67. The minimum absolute atomic E-state index is 0.151. The maximum atomic E-state index is 12.8. The van der Waals surface area contributed by atoms with Gasteiger partial charge < -0.3 is 25.4 Å². The van der Waals surface area contributed by atoms with Crippen LogP contribution in [0.3, 0.4) is 0 Å². The fourth-order valence-corrected chi connectivity index (χ4v) is 4.19. The van der Waals surface area contributed by atoms with Gasteiger partial charge in [-0.15, -0.1) is 0 Å². The fraction of sp³-hybridized carbons (Fsp3) is 0.600. The molecule has 2 aliphatic rings. The number of nitrogens with zero attached hydrogens (tertiary/aromatic N) is 4. The Morgan fingerprint density at radius 1 is 1.32 bits per heavy atom. The van der Waals surface area contributed by atoms with Crippen molar-refractivity contribution in [2.24, 2.45) is 5.41 Å². The van der Waals surface area contributed by atoms with Gasteiger partial charge in [-0.2, -0.15) is 18.8 Å². The summed E-state index contributed by atoms with van der Waals surface area (Å²) in [5, 5.41) is 35.1. The lowest BCUT2D eigenvalue weighted by atomic mass is 9.76. The van der Waals surface area contributed by atoms with Crippen LogP contribution < -0.4 is 5.73 Å². The van der Waals surface area contributed by atoms with Gasteiger partial charge in [-0.1, -0.05) is 19.3 Å². The third kappa shape index (κ3) is 4.98. The molecule has 13 nitrogen and oxygen atoms in total. The Hall–Kier alpha value is -2.83. The molecule has 2 aromatic heterocycles. The number of aliphatic hydroxyl groups is 2. The van der Waals surface area contributed by atoms with Gasteiger partial charge in [0.05, 0.1) is 17.4 Å². The Morgan fingerprint density at radius 2 is 1.94 bits per heavy atom. The van der Waals surface area contributed by atoms with E-state index in [2.05, 4.69) is 10.1 Å². The zero-order chi connectivity index (χ0) is 25.3. The normalized spacial score (nSPS) is 28.5. The molecule has 0 aromatic carbocycles. The molecule has 1 saturated carbocycles. The number of ether oxygens (including phenoxy) is 2. The highest BCUT2D eigenvalue weighted by Gasteiger charge is 2.59. The zero-order valence-corrected chi connectivity index (χ0v) is 19.5. The summed E-state index contributed by atoms with van der Waals surface area (Å²) in [6.07, 6.45) is 1.43. The highest BCUT2D eigenvalue weighted by molar-refractivity contribution is 7.85. The zero-order valence-electron chi connectivity index (χ0n) is 18.7. The molecule has 5 N–H and O–H groups in total. The van der Waals surface area contributed by atoms with Crippen molar-refractivity contribution in [2.45, 2.75) is 63.1 Å². The van der Waals surface area contributed by atoms with Crippen LogP contribution >= 0.6 is 0 Å². The summed E-state index contributed by atoms with van der Waals surface area (Å²) in [6.45, 7) is 1.82. The highest BCUT2D eigenvalue weighted by atomic mass is 32.2. The number of carbonyl (C=O) groups excluding carboxylic acids is 1. The van der Waals surface area contributed by atoms with Gasteiger partial charge in [0.2, 0.25) is 11.9 Å². The number of fused-ring (bicyclic) bond motifs is 1. The summed E-state index contributed by atoms with van der Waals surface area (Å²) < 4.78 is 38.3. The first-order valence-electron chi connectivity index (χ1n) is 10.5. The Bertz CT molecular complexity index is 1200. The Kier molecular flexibility index (Phi) is 7.15. The molecule has 34 heavy (non-hydrogen) atoms. The number of rotatable bonds is 3. The first kappa shape index (κ1) is 25.8. The summed E-state index contributed by atoms with van der Waals surface area (Å²) in [4.78, 5) is 16.6. The van der Waals surface area contributed by atoms with E-state index in [-0.39, 0.29) is 11.5 Å². The topological polar surface area (TPSA) is 210 Å². The second-order valence-corrected chi connectivity index (χ2v) is 10.2. The highest BCUT2D eigenvalue weighted by Crippen LogP contribution is 2.43. The molecule has 4 rings (SSSR count). The lowest BCUT2D eigenvalue weighted by molar-refractivity contribution is -0.206. The molecule has 2 aromatic rings. The van der Waals surface area contributed by atoms with Crippen molar-refractivity contribution in [1.29, 1.82) is 5.26 Å². The molecule has 0 radical (unpaired) electrons. The van der Waals surface area contributed by atoms with Crippen LogP contribution in [-0.4, -0.2) is 68.5 Å². The van der Waals surface area contributed by atoms with Crippen LogP contribution in [0.1, 0.15) is 44.7 Å². The molecule has 4 atom stereocenters. The monoisotopic (exact) mass is 497 g/mol. The summed E-state index contributed by atoms with van der Waals surface area (Å²) in [5.41, 5.74) is 3.73. The van der Waals surface area contributed by atoms with Gasteiger partial charge in [0, 0.05) is 0 Å². The number of nitrogens with two attached hydrogens (primary N) is 1. The van der Waals surface area contributed by atoms with Crippen LogP contribution in [0.5, 0.6) is 0 Å². The van der Waals surface area contributed by atoms with Gasteiger partial charge in [-0.05, 0) is 31.9 Å². The summed E-state index contributed by atoms with van der Waals surface area (Å²) in [6, 6.07) is 5.00. The Balaban J connectivity index is 0.000000588. The second kappa shape index (κ2) is 9.43. The predicted octanol–water partition coefficient (Wildman–Crippen LogP) is 0.126. The molecule has 3 heterocycles. The lowest BCUT2D eigenvalue weighted by Gasteiger charge is -2.32. The summed E-state index contributed by atoms with van der Waals surface area (Å²) >= 11 is 0. The molecular formula is C20H27N5O8S. The van der Waals surface area contributed by atoms with Crippen LogP contribution in [0.25, 0.3) is 5.52 Å². The largest absolute Gasteiger partial charge is 0.432 e. The number of carbonyl (C=O) groups is 1. The van der Waals surface area contributed by atoms with Gasteiger partial charge in [-0.25, -0.2) is 9.50 Å². The third-order valence-corrected chi connectivity index (χ3v) is 6.02. The van der Waals surface area contributed by atoms with E-state index in [1.54, 1.807) is 6.07 Å². The van der Waals surface area contributed by atoms with E-state index in [1.807, 2.05) is 13.0 Å². The Labute approximate surface area is 195 Å². The molecule has 0 spiro atoms. The van der Waals surface area contributed by atoms with E-state index in [9.17, 15) is 28.7 Å². The van der Waals surface area contributed by atoms with E-state index in [0.29, 0.717) is 24.6 Å². The first-order valence-corrected chi connectivity index (χ1v) is 12.3. The van der Waals surface area contributed by atoms with E-state index in [1.165, 1.54) is 16.9 Å². The maximum Gasteiger partial charge on any atom is 0.314 e. The number of hydrogen-bond donors (Lipinski definition) is 4. The molecule has 0 unspecified atom stereocenters. The van der Waals surface area contributed by atoms with Crippen LogP contribution in [-0.2, 0) is 30.0 Å². The van der Waals surface area contributed by atoms with Crippen molar-refractivity contribution in [3.05, 3.63) is 24.2 Å². The van der Waals surface area contributed by atoms with Crippen LogP contribution in [0.2, 0.25) is 0 Å². The van der Waals surface area contributed by atoms with E-state index < -0.39 is 45.6 Å². The number of aliphatic hydroxyl groups excluding tert-OH is 2. The van der Waals surface area contributed by atoms with Crippen LogP contribution in [0.15, 0.2) is 18.5 Å². The number of aromatic nitrogens is 3. The van der Waals surface area contributed by atoms with Gasteiger partial charge in [0.25, 0.3) is 10.1 Å². The molecule has 186 valence electrons. The van der Waals surface area contributed by atoms with Crippen LogP contribution in [0.4, 0.5) is 5.82 Å². The molecule has 0 bridgehead atoms. The molecule has 1 aliphatic carbocycles. The van der Waals surface area contributed by atoms with Crippen molar-refractivity contribution >= 4 is 27.4 Å². The molecule has 1 aliphatic heterocycles. The smallest absolute Gasteiger partial charge is 0.314 e. The molecule has 14 heteroatoms. The molecule has 2 fully saturated rings. The molecule has 1 saturated heterocycles. The van der Waals surface area contributed by atoms with Crippen molar-refractivity contribution in [1.82, 2.24) is 14.6 Å². The van der Waals surface area contributed by atoms with Crippen molar-refractivity contribution in [2.75, 3.05) is 12.0 Å². The van der Waals surface area contributed by atoms with Crippen molar-refractivity contribution < 1.29 is 37.5 Å². The first-order chi connectivity index (χ1) is 15.8. The lowest BCUT2D eigenvalue weighted by Crippen LogP contribution is -2.41. The van der Waals surface area contributed by atoms with Gasteiger partial charge in [0.1, 0.15) is 30.1 Å². The van der Waals surface area contributed by atoms with E-state index in [0.717, 1.165) is 19.3 Å². The fourth-order valence-electron chi connectivity index (χ4n) is 4.19. The second-order valence-electron chi connectivity index (χ2n) is 8.69. The number of esters is 1. The quantitative estimate of drug-likeness (QED) is 0.329. The Morgan fingerprint density at radius 3 is 2.53 bits per heavy atom. The van der Waals surface area contributed by atoms with E-state index in [4.69, 9.17) is 19.8 Å². The number of nitriles is 1. The number of anilines is 1. The number of nitrogen functional groups attached to an aromatic ring is 1. The van der Waals surface area contributed by atoms with Gasteiger partial charge in [-0.3, -0.25) is 9.35 Å². The third-order valence-electron chi connectivity index (χ3n) is 6.02. The van der Waals surface area contributed by atoms with E-state index >= 15 is 0 Å². The maximum absolute atomic E-state index is 12.8. The standard InChI is InChI=1S/C19H23N5O5.CH4O3S/c1-18(7-3-2-4-8-18)17(27)28-16-13(25)14(26)19(9-20,29-16)12-6-5-11-15(21)22-10-23-24(11)12;1-5(2,3)4/h5-6,10,13-14,16,25-26H,2-4,7-8H2,1H3,(H2,21,22,23);1H3,(H,2,3,4)/t13-,14+,16-,19-;/m0./s1. The van der Waals surface area contributed by atoms with Gasteiger partial charge >= 0.3 is 5.97 Å².